The third-order valence-corrected chi connectivity index (χ3v) is 4.37. The Balaban J connectivity index is 2.25. The Hall–Kier alpha value is -1.34. The summed E-state index contributed by atoms with van der Waals surface area (Å²) in [6.07, 6.45) is 0. The average Bonchev–Trinajstić information content (AvgIpc) is 2.36. The van der Waals surface area contributed by atoms with E-state index >= 15 is 0 Å². The lowest BCUT2D eigenvalue weighted by molar-refractivity contribution is 0.0752. The number of amides is 1. The van der Waals surface area contributed by atoms with E-state index in [1.54, 1.807) is 16.7 Å². The standard InChI is InChI=1S/C13H17F2N3OS/c1-7-5-18(6-8(2)20-7)13(19)9-3-10(14)12(17-16)11(15)4-9/h3-4,7-8,17H,5-6,16H2,1-2H3. The molecule has 110 valence electrons. The van der Waals surface area contributed by atoms with Crippen LogP contribution in [-0.4, -0.2) is 34.4 Å². The monoisotopic (exact) mass is 301 g/mol. The second kappa shape index (κ2) is 5.97. The quantitative estimate of drug-likeness (QED) is 0.649. The van der Waals surface area contributed by atoms with Gasteiger partial charge in [-0.25, -0.2) is 8.78 Å². The van der Waals surface area contributed by atoms with Crippen molar-refractivity contribution in [2.75, 3.05) is 18.5 Å². The predicted octanol–water partition coefficient (Wildman–Crippen LogP) is 2.22. The van der Waals surface area contributed by atoms with E-state index in [9.17, 15) is 13.6 Å². The van der Waals surface area contributed by atoms with E-state index in [-0.39, 0.29) is 11.5 Å². The Kier molecular flexibility index (Phi) is 4.49. The van der Waals surface area contributed by atoms with Crippen molar-refractivity contribution in [3.8, 4) is 0 Å². The minimum atomic E-state index is -0.872. The van der Waals surface area contributed by atoms with Crippen LogP contribution in [0.2, 0.25) is 0 Å². The molecule has 1 heterocycles. The van der Waals surface area contributed by atoms with Crippen LogP contribution >= 0.6 is 11.8 Å². The Bertz CT molecular complexity index is 493. The lowest BCUT2D eigenvalue weighted by atomic mass is 10.1. The molecule has 0 aliphatic carbocycles. The SMILES string of the molecule is CC1CN(C(=O)c2cc(F)c(NN)c(F)c2)CC(C)S1. The van der Waals surface area contributed by atoms with Crippen molar-refractivity contribution in [2.45, 2.75) is 24.3 Å². The van der Waals surface area contributed by atoms with Crippen LogP contribution in [-0.2, 0) is 0 Å². The van der Waals surface area contributed by atoms with Gasteiger partial charge in [0.1, 0.15) is 5.69 Å². The van der Waals surface area contributed by atoms with Gasteiger partial charge in [0.25, 0.3) is 5.91 Å². The van der Waals surface area contributed by atoms with Gasteiger partial charge < -0.3 is 10.3 Å². The maximum Gasteiger partial charge on any atom is 0.254 e. The Labute approximate surface area is 120 Å². The Morgan fingerprint density at radius 1 is 1.30 bits per heavy atom. The summed E-state index contributed by atoms with van der Waals surface area (Å²) < 4.78 is 27.3. The van der Waals surface area contributed by atoms with Crippen molar-refractivity contribution in [3.05, 3.63) is 29.3 Å². The molecule has 1 aromatic carbocycles. The van der Waals surface area contributed by atoms with Crippen molar-refractivity contribution in [3.63, 3.8) is 0 Å². The fourth-order valence-corrected chi connectivity index (χ4v) is 3.69. The zero-order chi connectivity index (χ0) is 14.9. The molecule has 4 nitrogen and oxygen atoms in total. The van der Waals surface area contributed by atoms with Crippen LogP contribution in [0.15, 0.2) is 12.1 Å². The number of halogens is 2. The van der Waals surface area contributed by atoms with Gasteiger partial charge in [-0.15, -0.1) is 0 Å². The topological polar surface area (TPSA) is 58.4 Å². The summed E-state index contributed by atoms with van der Waals surface area (Å²) in [5, 5.41) is 0.616. The molecule has 7 heteroatoms. The maximum atomic E-state index is 13.6. The lowest BCUT2D eigenvalue weighted by Gasteiger charge is -2.34. The number of hydrazine groups is 1. The molecule has 1 amide bonds. The minimum Gasteiger partial charge on any atom is -0.336 e. The molecule has 2 unspecified atom stereocenters. The molecular weight excluding hydrogens is 284 g/mol. The summed E-state index contributed by atoms with van der Waals surface area (Å²) in [6, 6.07) is 2.02. The molecule has 2 rings (SSSR count). The van der Waals surface area contributed by atoms with Gasteiger partial charge in [0.2, 0.25) is 0 Å². The van der Waals surface area contributed by atoms with Gasteiger partial charge in [0.15, 0.2) is 11.6 Å². The first-order valence-electron chi connectivity index (χ1n) is 6.32. The summed E-state index contributed by atoms with van der Waals surface area (Å²) >= 11 is 1.80. The zero-order valence-electron chi connectivity index (χ0n) is 11.3. The van der Waals surface area contributed by atoms with E-state index in [2.05, 4.69) is 0 Å². The largest absolute Gasteiger partial charge is 0.336 e. The van der Waals surface area contributed by atoms with Crippen molar-refractivity contribution >= 4 is 23.4 Å². The number of hydrogen-bond acceptors (Lipinski definition) is 4. The third kappa shape index (κ3) is 3.04. The second-order valence-corrected chi connectivity index (χ2v) is 6.81. The van der Waals surface area contributed by atoms with Crippen LogP contribution in [0.3, 0.4) is 0 Å². The van der Waals surface area contributed by atoms with Gasteiger partial charge in [0, 0.05) is 29.2 Å². The highest BCUT2D eigenvalue weighted by atomic mass is 32.2. The first-order chi connectivity index (χ1) is 9.42. The van der Waals surface area contributed by atoms with Gasteiger partial charge in [-0.1, -0.05) is 13.8 Å². The number of nitrogens with one attached hydrogen (secondary N) is 1. The Morgan fingerprint density at radius 2 is 1.80 bits per heavy atom. The number of nitrogen functional groups attached to an aromatic ring is 1. The minimum absolute atomic E-state index is 0.00491. The van der Waals surface area contributed by atoms with Crippen molar-refractivity contribution in [1.82, 2.24) is 4.90 Å². The number of nitrogens with two attached hydrogens (primary N) is 1. The summed E-state index contributed by atoms with van der Waals surface area (Å²) in [4.78, 5) is 14.0. The van der Waals surface area contributed by atoms with Crippen LogP contribution in [0.5, 0.6) is 0 Å². The summed E-state index contributed by atoms with van der Waals surface area (Å²) in [7, 11) is 0. The normalized spacial score (nSPS) is 22.8. The summed E-state index contributed by atoms with van der Waals surface area (Å²) in [6.45, 7) is 5.22. The molecule has 1 aliphatic heterocycles. The van der Waals surface area contributed by atoms with Crippen molar-refractivity contribution < 1.29 is 13.6 Å². The fourth-order valence-electron chi connectivity index (χ4n) is 2.36. The van der Waals surface area contributed by atoms with Crippen LogP contribution in [0, 0.1) is 11.6 Å². The summed E-state index contributed by atoms with van der Waals surface area (Å²) in [5.74, 6) is 2.93. The van der Waals surface area contributed by atoms with Crippen LogP contribution in [0.1, 0.15) is 24.2 Å². The molecule has 0 aromatic heterocycles. The number of carbonyl (C=O) groups is 1. The molecule has 2 atom stereocenters. The van der Waals surface area contributed by atoms with Crippen molar-refractivity contribution in [2.24, 2.45) is 5.84 Å². The van der Waals surface area contributed by atoms with Crippen molar-refractivity contribution in [1.29, 1.82) is 0 Å². The molecule has 0 bridgehead atoms. The highest BCUT2D eigenvalue weighted by Crippen LogP contribution is 2.27. The molecule has 1 saturated heterocycles. The number of benzene rings is 1. The van der Waals surface area contributed by atoms with E-state index < -0.39 is 17.3 Å². The van der Waals surface area contributed by atoms with Gasteiger partial charge in [0.05, 0.1) is 0 Å². The first kappa shape index (κ1) is 15.1. The molecule has 1 aromatic rings. The van der Waals surface area contributed by atoms with E-state index in [4.69, 9.17) is 5.84 Å². The summed E-state index contributed by atoms with van der Waals surface area (Å²) in [5.41, 5.74) is 1.52. The average molecular weight is 301 g/mol. The smallest absolute Gasteiger partial charge is 0.254 e. The highest BCUT2D eigenvalue weighted by Gasteiger charge is 2.27. The second-order valence-electron chi connectivity index (χ2n) is 4.93. The molecule has 0 spiro atoms. The number of hydrogen-bond donors (Lipinski definition) is 2. The van der Waals surface area contributed by atoms with Crippen LogP contribution in [0.25, 0.3) is 0 Å². The maximum absolute atomic E-state index is 13.6. The Morgan fingerprint density at radius 3 is 2.25 bits per heavy atom. The molecule has 3 N–H and O–H groups in total. The van der Waals surface area contributed by atoms with Crippen LogP contribution < -0.4 is 11.3 Å². The van der Waals surface area contributed by atoms with Gasteiger partial charge in [-0.05, 0) is 12.1 Å². The third-order valence-electron chi connectivity index (χ3n) is 3.14. The fraction of sp³-hybridized carbons (Fsp3) is 0.462. The molecule has 0 saturated carbocycles. The van der Waals surface area contributed by atoms with Gasteiger partial charge in [-0.2, -0.15) is 11.8 Å². The van der Waals surface area contributed by atoms with Crippen LogP contribution in [0.4, 0.5) is 14.5 Å². The zero-order valence-corrected chi connectivity index (χ0v) is 12.1. The lowest BCUT2D eigenvalue weighted by Crippen LogP contribution is -2.44. The van der Waals surface area contributed by atoms with E-state index in [0.717, 1.165) is 12.1 Å². The first-order valence-corrected chi connectivity index (χ1v) is 7.27. The van der Waals surface area contributed by atoms with E-state index in [1.807, 2.05) is 19.3 Å². The molecule has 20 heavy (non-hydrogen) atoms. The number of rotatable bonds is 2. The van der Waals surface area contributed by atoms with Gasteiger partial charge in [-0.3, -0.25) is 10.6 Å². The molecule has 1 fully saturated rings. The molecule has 0 radical (unpaired) electrons. The predicted molar refractivity (Wildman–Crippen MR) is 76.6 cm³/mol. The highest BCUT2D eigenvalue weighted by molar-refractivity contribution is 8.00. The molecular formula is C13H17F2N3OS. The number of carbonyl (C=O) groups excluding carboxylic acids is 1. The van der Waals surface area contributed by atoms with E-state index in [1.165, 1.54) is 0 Å². The molecule has 1 aliphatic rings. The number of thioether (sulfide) groups is 1. The number of nitrogens with zero attached hydrogens (tertiary/aromatic N) is 1. The van der Waals surface area contributed by atoms with Gasteiger partial charge >= 0.3 is 0 Å². The number of anilines is 1. The van der Waals surface area contributed by atoms with E-state index in [0.29, 0.717) is 23.6 Å².